The number of benzene rings is 1. The van der Waals surface area contributed by atoms with E-state index in [1.807, 2.05) is 24.3 Å². The average Bonchev–Trinajstić information content (AvgIpc) is 2.62. The number of ether oxygens (including phenoxy) is 1. The van der Waals surface area contributed by atoms with Gasteiger partial charge in [0.15, 0.2) is 0 Å². The maximum Gasteiger partial charge on any atom is 0.261 e. The second-order valence-corrected chi connectivity index (χ2v) is 6.72. The van der Waals surface area contributed by atoms with E-state index in [9.17, 15) is 9.59 Å². The van der Waals surface area contributed by atoms with Crippen molar-refractivity contribution in [2.45, 2.75) is 32.6 Å². The van der Waals surface area contributed by atoms with Crippen LogP contribution in [0.25, 0.3) is 0 Å². The SMILES string of the molecule is COc1ccc(CCNC(=O)c2cc3c([nH]c2=O)CC[C@@H](C)C3)cc1. The Bertz CT molecular complexity index is 809. The quantitative estimate of drug-likeness (QED) is 0.878. The van der Waals surface area contributed by atoms with Gasteiger partial charge in [-0.2, -0.15) is 0 Å². The lowest BCUT2D eigenvalue weighted by atomic mass is 9.87. The number of carbonyl (C=O) groups excluding carboxylic acids is 1. The summed E-state index contributed by atoms with van der Waals surface area (Å²) >= 11 is 0. The van der Waals surface area contributed by atoms with Crippen molar-refractivity contribution >= 4 is 5.91 Å². The summed E-state index contributed by atoms with van der Waals surface area (Å²) in [7, 11) is 1.63. The van der Waals surface area contributed by atoms with Crippen LogP contribution >= 0.6 is 0 Å². The molecule has 1 atom stereocenters. The zero-order valence-corrected chi connectivity index (χ0v) is 14.7. The Hall–Kier alpha value is -2.56. The van der Waals surface area contributed by atoms with Gasteiger partial charge in [0.2, 0.25) is 0 Å². The third kappa shape index (κ3) is 4.10. The maximum atomic E-state index is 12.4. The Kier molecular flexibility index (Phi) is 5.22. The Balaban J connectivity index is 1.63. The minimum absolute atomic E-state index is 0.211. The van der Waals surface area contributed by atoms with Crippen LogP contribution in [-0.2, 0) is 19.3 Å². The molecule has 1 aromatic heterocycles. The van der Waals surface area contributed by atoms with Crippen LogP contribution in [0.4, 0.5) is 0 Å². The molecule has 0 saturated heterocycles. The van der Waals surface area contributed by atoms with Crippen LogP contribution in [-0.4, -0.2) is 24.5 Å². The molecule has 0 spiro atoms. The second kappa shape index (κ2) is 7.55. The first-order valence-corrected chi connectivity index (χ1v) is 8.73. The molecule has 25 heavy (non-hydrogen) atoms. The number of amides is 1. The molecule has 1 aromatic carbocycles. The summed E-state index contributed by atoms with van der Waals surface area (Å²) in [6.45, 7) is 2.68. The smallest absolute Gasteiger partial charge is 0.261 e. The third-order valence-corrected chi connectivity index (χ3v) is 4.77. The number of pyridine rings is 1. The average molecular weight is 340 g/mol. The number of fused-ring (bicyclic) bond motifs is 1. The van der Waals surface area contributed by atoms with Gasteiger partial charge in [0.25, 0.3) is 11.5 Å². The number of hydrogen-bond donors (Lipinski definition) is 2. The van der Waals surface area contributed by atoms with Gasteiger partial charge in [-0.1, -0.05) is 19.1 Å². The van der Waals surface area contributed by atoms with E-state index < -0.39 is 0 Å². The molecule has 2 N–H and O–H groups in total. The summed E-state index contributed by atoms with van der Waals surface area (Å²) in [4.78, 5) is 27.4. The van der Waals surface area contributed by atoms with E-state index in [4.69, 9.17) is 4.74 Å². The number of rotatable bonds is 5. The Morgan fingerprint density at radius 1 is 1.32 bits per heavy atom. The van der Waals surface area contributed by atoms with Gasteiger partial charge in [-0.15, -0.1) is 0 Å². The summed E-state index contributed by atoms with van der Waals surface area (Å²) in [5.41, 5.74) is 3.10. The fourth-order valence-electron chi connectivity index (χ4n) is 3.26. The first kappa shape index (κ1) is 17.3. The predicted octanol–water partition coefficient (Wildman–Crippen LogP) is 2.48. The van der Waals surface area contributed by atoms with E-state index in [0.717, 1.165) is 41.8 Å². The minimum atomic E-state index is -0.309. The number of aryl methyl sites for hydroxylation is 1. The highest BCUT2D eigenvalue weighted by Crippen LogP contribution is 2.23. The van der Waals surface area contributed by atoms with E-state index in [0.29, 0.717) is 18.9 Å². The summed E-state index contributed by atoms with van der Waals surface area (Å²) in [6.07, 6.45) is 3.58. The lowest BCUT2D eigenvalue weighted by Crippen LogP contribution is -2.32. The minimum Gasteiger partial charge on any atom is -0.497 e. The lowest BCUT2D eigenvalue weighted by molar-refractivity contribution is 0.0952. The topological polar surface area (TPSA) is 71.2 Å². The third-order valence-electron chi connectivity index (χ3n) is 4.77. The molecule has 1 aliphatic rings. The number of H-pyrrole nitrogens is 1. The highest BCUT2D eigenvalue weighted by Gasteiger charge is 2.19. The summed E-state index contributed by atoms with van der Waals surface area (Å²) in [6, 6.07) is 9.50. The predicted molar refractivity (Wildman–Crippen MR) is 97.3 cm³/mol. The number of methoxy groups -OCH3 is 1. The molecule has 5 heteroatoms. The highest BCUT2D eigenvalue weighted by atomic mass is 16.5. The van der Waals surface area contributed by atoms with Gasteiger partial charge in [-0.05, 0) is 60.9 Å². The molecular weight excluding hydrogens is 316 g/mol. The van der Waals surface area contributed by atoms with Gasteiger partial charge >= 0.3 is 0 Å². The molecule has 1 aliphatic carbocycles. The molecule has 132 valence electrons. The van der Waals surface area contributed by atoms with Crippen LogP contribution in [0.2, 0.25) is 0 Å². The van der Waals surface area contributed by atoms with Gasteiger partial charge in [-0.25, -0.2) is 0 Å². The van der Waals surface area contributed by atoms with Crippen molar-refractivity contribution in [2.75, 3.05) is 13.7 Å². The Morgan fingerprint density at radius 3 is 2.80 bits per heavy atom. The number of aromatic amines is 1. The zero-order chi connectivity index (χ0) is 17.8. The van der Waals surface area contributed by atoms with Gasteiger partial charge in [0, 0.05) is 12.2 Å². The standard InChI is InChI=1S/C20H24N2O3/c1-13-3-8-18-15(11-13)12-17(20(24)22-18)19(23)21-10-9-14-4-6-16(25-2)7-5-14/h4-7,12-13H,3,8-11H2,1-2H3,(H,21,23)(H,22,24)/t13-/m1/s1. The van der Waals surface area contributed by atoms with Crippen molar-refractivity contribution in [3.05, 3.63) is 63.1 Å². The van der Waals surface area contributed by atoms with Crippen LogP contribution in [0.15, 0.2) is 35.1 Å². The van der Waals surface area contributed by atoms with Crippen LogP contribution in [0, 0.1) is 5.92 Å². The molecule has 0 unspecified atom stereocenters. The van der Waals surface area contributed by atoms with E-state index in [-0.39, 0.29) is 17.0 Å². The molecule has 1 heterocycles. The Labute approximate surface area is 147 Å². The molecule has 0 aliphatic heterocycles. The molecule has 0 saturated carbocycles. The molecule has 5 nitrogen and oxygen atoms in total. The van der Waals surface area contributed by atoms with Crippen molar-refractivity contribution in [2.24, 2.45) is 5.92 Å². The lowest BCUT2D eigenvalue weighted by Gasteiger charge is -2.21. The summed E-state index contributed by atoms with van der Waals surface area (Å²) < 4.78 is 5.13. The van der Waals surface area contributed by atoms with Gasteiger partial charge < -0.3 is 15.0 Å². The number of nitrogens with one attached hydrogen (secondary N) is 2. The van der Waals surface area contributed by atoms with Crippen LogP contribution in [0.1, 0.15) is 40.5 Å². The summed E-state index contributed by atoms with van der Waals surface area (Å²) in [5, 5.41) is 2.84. The molecular formula is C20H24N2O3. The number of hydrogen-bond acceptors (Lipinski definition) is 3. The highest BCUT2D eigenvalue weighted by molar-refractivity contribution is 5.94. The van der Waals surface area contributed by atoms with Crippen molar-refractivity contribution in [3.63, 3.8) is 0 Å². The van der Waals surface area contributed by atoms with E-state index in [2.05, 4.69) is 17.2 Å². The van der Waals surface area contributed by atoms with E-state index in [1.165, 1.54) is 0 Å². The Morgan fingerprint density at radius 2 is 2.08 bits per heavy atom. The summed E-state index contributed by atoms with van der Waals surface area (Å²) in [5.74, 6) is 1.09. The van der Waals surface area contributed by atoms with E-state index in [1.54, 1.807) is 13.2 Å². The number of carbonyl (C=O) groups is 1. The van der Waals surface area contributed by atoms with Crippen LogP contribution in [0.3, 0.4) is 0 Å². The van der Waals surface area contributed by atoms with Gasteiger partial charge in [0.05, 0.1) is 7.11 Å². The molecule has 1 amide bonds. The fourth-order valence-corrected chi connectivity index (χ4v) is 3.26. The molecule has 3 rings (SSSR count). The molecule has 0 bridgehead atoms. The van der Waals surface area contributed by atoms with E-state index >= 15 is 0 Å². The van der Waals surface area contributed by atoms with Crippen LogP contribution in [0.5, 0.6) is 5.75 Å². The van der Waals surface area contributed by atoms with Crippen molar-refractivity contribution in [3.8, 4) is 5.75 Å². The monoisotopic (exact) mass is 340 g/mol. The fraction of sp³-hybridized carbons (Fsp3) is 0.400. The van der Waals surface area contributed by atoms with Crippen molar-refractivity contribution in [1.82, 2.24) is 10.3 Å². The zero-order valence-electron chi connectivity index (χ0n) is 14.7. The van der Waals surface area contributed by atoms with Crippen molar-refractivity contribution in [1.29, 1.82) is 0 Å². The normalized spacial score (nSPS) is 16.2. The largest absolute Gasteiger partial charge is 0.497 e. The maximum absolute atomic E-state index is 12.4. The second-order valence-electron chi connectivity index (χ2n) is 6.72. The first-order valence-electron chi connectivity index (χ1n) is 8.73. The van der Waals surface area contributed by atoms with Crippen LogP contribution < -0.4 is 15.6 Å². The molecule has 2 aromatic rings. The van der Waals surface area contributed by atoms with Gasteiger partial charge in [-0.3, -0.25) is 9.59 Å². The molecule has 0 radical (unpaired) electrons. The van der Waals surface area contributed by atoms with Crippen molar-refractivity contribution < 1.29 is 9.53 Å². The molecule has 0 fully saturated rings. The first-order chi connectivity index (χ1) is 12.1. The van der Waals surface area contributed by atoms with Gasteiger partial charge in [0.1, 0.15) is 11.3 Å². The number of aromatic nitrogens is 1.